The molecule has 0 aliphatic heterocycles. The number of amides is 2. The van der Waals surface area contributed by atoms with Gasteiger partial charge in [0.2, 0.25) is 21.8 Å². The van der Waals surface area contributed by atoms with E-state index in [0.717, 1.165) is 16.1 Å². The number of benzene rings is 3. The van der Waals surface area contributed by atoms with Crippen molar-refractivity contribution in [2.75, 3.05) is 23.7 Å². The van der Waals surface area contributed by atoms with Gasteiger partial charge in [0.25, 0.3) is 0 Å². The van der Waals surface area contributed by atoms with Crippen molar-refractivity contribution in [1.29, 1.82) is 0 Å². The average molecular weight is 625 g/mol. The number of hydrogen-bond acceptors (Lipinski definition) is 4. The molecule has 0 aliphatic rings. The van der Waals surface area contributed by atoms with E-state index in [-0.39, 0.29) is 40.5 Å². The van der Waals surface area contributed by atoms with Crippen molar-refractivity contribution in [3.05, 3.63) is 99.0 Å². The summed E-state index contributed by atoms with van der Waals surface area (Å²) >= 11 is 18.4. The van der Waals surface area contributed by atoms with Crippen LogP contribution in [0.1, 0.15) is 25.0 Å². The van der Waals surface area contributed by atoms with Crippen LogP contribution in [0.15, 0.2) is 72.8 Å². The fraction of sp³-hybridized carbons (Fsp3) is 0.310. The van der Waals surface area contributed by atoms with Crippen LogP contribution in [0.25, 0.3) is 0 Å². The molecule has 3 aromatic rings. The summed E-state index contributed by atoms with van der Waals surface area (Å²) in [5.41, 5.74) is 1.72. The van der Waals surface area contributed by atoms with E-state index in [0.29, 0.717) is 17.1 Å². The number of halogens is 3. The molecule has 0 aliphatic carbocycles. The second-order valence-corrected chi connectivity index (χ2v) is 13.0. The van der Waals surface area contributed by atoms with Gasteiger partial charge in [0, 0.05) is 24.5 Å². The largest absolute Gasteiger partial charge is 0.354 e. The fourth-order valence-electron chi connectivity index (χ4n) is 4.06. The fourth-order valence-corrected chi connectivity index (χ4v) is 5.41. The lowest BCUT2D eigenvalue weighted by Gasteiger charge is -2.33. The lowest BCUT2D eigenvalue weighted by atomic mass is 10.0. The third kappa shape index (κ3) is 9.13. The second kappa shape index (κ2) is 14.2. The second-order valence-electron chi connectivity index (χ2n) is 9.86. The Morgan fingerprint density at radius 3 is 2.15 bits per heavy atom. The molecule has 0 saturated carbocycles. The summed E-state index contributed by atoms with van der Waals surface area (Å²) in [4.78, 5) is 29.0. The van der Waals surface area contributed by atoms with Gasteiger partial charge in [0.05, 0.1) is 22.0 Å². The summed E-state index contributed by atoms with van der Waals surface area (Å²) in [7, 11) is -3.92. The van der Waals surface area contributed by atoms with Crippen LogP contribution in [-0.4, -0.2) is 50.5 Å². The quantitative estimate of drug-likeness (QED) is 0.275. The van der Waals surface area contributed by atoms with E-state index in [1.54, 1.807) is 24.3 Å². The number of rotatable bonds is 12. The molecule has 0 unspecified atom stereocenters. The normalized spacial score (nSPS) is 12.2. The van der Waals surface area contributed by atoms with E-state index in [9.17, 15) is 18.0 Å². The monoisotopic (exact) mass is 623 g/mol. The maximum Gasteiger partial charge on any atom is 0.244 e. The van der Waals surface area contributed by atoms with E-state index in [1.165, 1.54) is 23.1 Å². The summed E-state index contributed by atoms with van der Waals surface area (Å²) in [6, 6.07) is 19.7. The molecule has 0 heterocycles. The molecule has 0 bridgehead atoms. The first kappa shape index (κ1) is 31.7. The van der Waals surface area contributed by atoms with Crippen LogP contribution >= 0.6 is 34.8 Å². The molecule has 0 aromatic heterocycles. The Balaban J connectivity index is 2.06. The molecule has 2 amide bonds. The van der Waals surface area contributed by atoms with Crippen LogP contribution < -0.4 is 9.62 Å². The van der Waals surface area contributed by atoms with Crippen LogP contribution in [0.5, 0.6) is 0 Å². The molecule has 0 radical (unpaired) electrons. The Bertz CT molecular complexity index is 1440. The van der Waals surface area contributed by atoms with Crippen molar-refractivity contribution in [3.63, 3.8) is 0 Å². The van der Waals surface area contributed by atoms with Crippen LogP contribution in [-0.2, 0) is 32.6 Å². The molecule has 0 spiro atoms. The number of hydrogen-bond donors (Lipinski definition) is 1. The number of sulfonamides is 1. The van der Waals surface area contributed by atoms with Gasteiger partial charge < -0.3 is 10.2 Å². The van der Waals surface area contributed by atoms with Crippen molar-refractivity contribution < 1.29 is 18.0 Å². The van der Waals surface area contributed by atoms with Crippen molar-refractivity contribution in [1.82, 2.24) is 10.2 Å². The standard InChI is InChI=1S/C29H32Cl3N3O4S/c1-20(2)17-33-29(37)27(15-21-8-5-4-6-9-21)34(18-22-10-7-11-23(30)14-22)28(36)19-35(40(3,38)39)24-12-13-25(31)26(32)16-24/h4-14,16,20,27H,15,17-19H2,1-3H3,(H,33,37)/t27-/m0/s1. The van der Waals surface area contributed by atoms with Crippen molar-refractivity contribution >= 4 is 62.3 Å². The zero-order chi connectivity index (χ0) is 29.4. The van der Waals surface area contributed by atoms with E-state index in [1.807, 2.05) is 44.2 Å². The highest BCUT2D eigenvalue weighted by atomic mass is 35.5. The maximum atomic E-state index is 14.0. The minimum Gasteiger partial charge on any atom is -0.354 e. The Morgan fingerprint density at radius 2 is 1.55 bits per heavy atom. The zero-order valence-electron chi connectivity index (χ0n) is 22.5. The number of nitrogens with one attached hydrogen (secondary N) is 1. The molecule has 7 nitrogen and oxygen atoms in total. The predicted molar refractivity (Wildman–Crippen MR) is 162 cm³/mol. The minimum atomic E-state index is -3.92. The lowest BCUT2D eigenvalue weighted by Crippen LogP contribution is -2.53. The number of carbonyl (C=O) groups excluding carboxylic acids is 2. The smallest absolute Gasteiger partial charge is 0.244 e. The molecule has 0 saturated heterocycles. The van der Waals surface area contributed by atoms with E-state index in [2.05, 4.69) is 5.32 Å². The van der Waals surface area contributed by atoms with Gasteiger partial charge in [-0.25, -0.2) is 8.42 Å². The highest BCUT2D eigenvalue weighted by Crippen LogP contribution is 2.29. The van der Waals surface area contributed by atoms with Gasteiger partial charge >= 0.3 is 0 Å². The number of anilines is 1. The summed E-state index contributed by atoms with van der Waals surface area (Å²) < 4.78 is 26.6. The Labute approximate surface area is 251 Å². The molecule has 1 atom stereocenters. The molecule has 40 heavy (non-hydrogen) atoms. The lowest BCUT2D eigenvalue weighted by molar-refractivity contribution is -0.140. The Hall–Kier alpha value is -2.78. The van der Waals surface area contributed by atoms with Gasteiger partial charge in [-0.15, -0.1) is 0 Å². The van der Waals surface area contributed by atoms with Crippen molar-refractivity contribution in [3.8, 4) is 0 Å². The van der Waals surface area contributed by atoms with Crippen LogP contribution in [0.2, 0.25) is 15.1 Å². The topological polar surface area (TPSA) is 86.8 Å². The van der Waals surface area contributed by atoms with Crippen LogP contribution in [0.3, 0.4) is 0 Å². The third-order valence-corrected chi connectivity index (χ3v) is 8.18. The van der Waals surface area contributed by atoms with Gasteiger partial charge in [-0.3, -0.25) is 13.9 Å². The van der Waals surface area contributed by atoms with E-state index in [4.69, 9.17) is 34.8 Å². The van der Waals surface area contributed by atoms with Crippen LogP contribution in [0.4, 0.5) is 5.69 Å². The van der Waals surface area contributed by atoms with Crippen molar-refractivity contribution in [2.45, 2.75) is 32.9 Å². The SMILES string of the molecule is CC(C)CNC(=O)[C@H](Cc1ccccc1)N(Cc1cccc(Cl)c1)C(=O)CN(c1ccc(Cl)c(Cl)c1)S(C)(=O)=O. The summed E-state index contributed by atoms with van der Waals surface area (Å²) in [5, 5.41) is 3.81. The molecule has 214 valence electrons. The molecular weight excluding hydrogens is 593 g/mol. The molecule has 1 N–H and O–H groups in total. The van der Waals surface area contributed by atoms with Gasteiger partial charge in [0.15, 0.2) is 0 Å². The minimum absolute atomic E-state index is 0.0327. The van der Waals surface area contributed by atoms with Gasteiger partial charge in [-0.1, -0.05) is 91.1 Å². The molecular formula is C29H32Cl3N3O4S. The first-order valence-electron chi connectivity index (χ1n) is 12.6. The molecule has 0 fully saturated rings. The van der Waals surface area contributed by atoms with E-state index >= 15 is 0 Å². The van der Waals surface area contributed by atoms with Crippen molar-refractivity contribution in [2.24, 2.45) is 5.92 Å². The van der Waals surface area contributed by atoms with Gasteiger partial charge in [-0.2, -0.15) is 0 Å². The first-order chi connectivity index (χ1) is 18.8. The highest BCUT2D eigenvalue weighted by Gasteiger charge is 2.33. The molecule has 3 rings (SSSR count). The number of nitrogens with zero attached hydrogens (tertiary/aromatic N) is 2. The van der Waals surface area contributed by atoms with Gasteiger partial charge in [-0.05, 0) is 47.4 Å². The van der Waals surface area contributed by atoms with Crippen LogP contribution in [0, 0.1) is 5.92 Å². The zero-order valence-corrected chi connectivity index (χ0v) is 25.6. The first-order valence-corrected chi connectivity index (χ1v) is 15.6. The summed E-state index contributed by atoms with van der Waals surface area (Å²) in [6.45, 7) is 3.85. The maximum absolute atomic E-state index is 14.0. The predicted octanol–water partition coefficient (Wildman–Crippen LogP) is 5.83. The molecule has 11 heteroatoms. The average Bonchev–Trinajstić information content (AvgIpc) is 2.89. The molecule has 3 aromatic carbocycles. The number of carbonyl (C=O) groups is 2. The summed E-state index contributed by atoms with van der Waals surface area (Å²) in [5.74, 6) is -0.723. The van der Waals surface area contributed by atoms with E-state index < -0.39 is 28.5 Å². The van der Waals surface area contributed by atoms with Gasteiger partial charge in [0.1, 0.15) is 12.6 Å². The highest BCUT2D eigenvalue weighted by molar-refractivity contribution is 7.92. The Morgan fingerprint density at radius 1 is 0.875 bits per heavy atom. The summed E-state index contributed by atoms with van der Waals surface area (Å²) in [6.07, 6.45) is 1.23. The third-order valence-electron chi connectivity index (χ3n) is 6.07. The Kier molecular flexibility index (Phi) is 11.3.